The van der Waals surface area contributed by atoms with E-state index in [-0.39, 0.29) is 24.1 Å². The van der Waals surface area contributed by atoms with Crippen LogP contribution in [0.25, 0.3) is 0 Å². The number of quaternary nitrogens is 1. The Hall–Kier alpha value is -3.98. The van der Waals surface area contributed by atoms with Crippen molar-refractivity contribution in [1.29, 1.82) is 0 Å². The van der Waals surface area contributed by atoms with E-state index in [0.717, 1.165) is 74.0 Å². The van der Waals surface area contributed by atoms with Gasteiger partial charge in [0.15, 0.2) is 6.23 Å². The van der Waals surface area contributed by atoms with Gasteiger partial charge in [0, 0.05) is 37.3 Å². The van der Waals surface area contributed by atoms with Crippen LogP contribution in [0.4, 0.5) is 4.79 Å². The molecule has 1 atom stereocenters. The van der Waals surface area contributed by atoms with Crippen molar-refractivity contribution in [1.82, 2.24) is 15.1 Å². The van der Waals surface area contributed by atoms with Crippen LogP contribution < -0.4 is 5.32 Å². The van der Waals surface area contributed by atoms with Crippen molar-refractivity contribution >= 4 is 12.0 Å². The number of hydrogen-bond acceptors (Lipinski definition) is 5. The Kier molecular flexibility index (Phi) is 11.1. The fourth-order valence-electron chi connectivity index (χ4n) is 6.23. The molecule has 8 heteroatoms. The molecule has 2 N–H and O–H groups in total. The second kappa shape index (κ2) is 15.3. The van der Waals surface area contributed by atoms with Gasteiger partial charge < -0.3 is 24.5 Å². The zero-order valence-corrected chi connectivity index (χ0v) is 26.6. The number of nitrogens with zero attached hydrogens (tertiary/aromatic N) is 3. The number of hydrogen-bond donors (Lipinski definition) is 2. The third-order valence-electron chi connectivity index (χ3n) is 8.90. The van der Waals surface area contributed by atoms with Gasteiger partial charge in [0.2, 0.25) is 0 Å². The number of ether oxygens (including phenoxy) is 1. The fourth-order valence-corrected chi connectivity index (χ4v) is 6.23. The van der Waals surface area contributed by atoms with E-state index in [9.17, 15) is 14.7 Å². The number of aliphatic hydroxyl groups is 1. The van der Waals surface area contributed by atoms with E-state index < -0.39 is 6.23 Å². The molecule has 238 valence electrons. The average Bonchev–Trinajstić information content (AvgIpc) is 3.30. The quantitative estimate of drug-likeness (QED) is 0.151. The summed E-state index contributed by atoms with van der Waals surface area (Å²) >= 11 is 0. The minimum atomic E-state index is -0.834. The number of piperidine rings is 1. The number of unbranched alkanes of at least 4 members (excludes halogenated alkanes) is 1. The van der Waals surface area contributed by atoms with E-state index in [1.54, 1.807) is 11.0 Å². The lowest BCUT2D eigenvalue weighted by atomic mass is 9.99. The second-order valence-electron chi connectivity index (χ2n) is 12.8. The molecule has 2 amide bonds. The number of likely N-dealkylation sites (tertiary alicyclic amines) is 1. The molecule has 0 aliphatic carbocycles. The summed E-state index contributed by atoms with van der Waals surface area (Å²) in [5, 5.41) is 13.6. The first-order chi connectivity index (χ1) is 21.8. The number of fused-ring (bicyclic) bond motifs is 1. The molecule has 45 heavy (non-hydrogen) atoms. The Labute approximate surface area is 267 Å². The highest BCUT2D eigenvalue weighted by Gasteiger charge is 2.34. The maximum Gasteiger partial charge on any atom is 0.408 e. The lowest BCUT2D eigenvalue weighted by molar-refractivity contribution is -0.884. The molecule has 2 aliphatic heterocycles. The molecule has 0 spiro atoms. The fraction of sp³-hybridized carbons (Fsp3) is 0.405. The van der Waals surface area contributed by atoms with Gasteiger partial charge >= 0.3 is 6.09 Å². The largest absolute Gasteiger partial charge is 0.446 e. The predicted octanol–water partition coefficient (Wildman–Crippen LogP) is 5.53. The van der Waals surface area contributed by atoms with Crippen LogP contribution in [0.15, 0.2) is 97.1 Å². The summed E-state index contributed by atoms with van der Waals surface area (Å²) in [7, 11) is 4.45. The number of carbonyl (C=O) groups is 2. The van der Waals surface area contributed by atoms with Crippen molar-refractivity contribution in [2.75, 3.05) is 53.4 Å². The van der Waals surface area contributed by atoms with Crippen LogP contribution in [0, 0.1) is 0 Å². The maximum absolute atomic E-state index is 12.9. The van der Waals surface area contributed by atoms with Gasteiger partial charge in [-0.3, -0.25) is 9.69 Å². The van der Waals surface area contributed by atoms with Gasteiger partial charge in [0.25, 0.3) is 5.91 Å². The van der Waals surface area contributed by atoms with E-state index in [0.29, 0.717) is 17.7 Å². The summed E-state index contributed by atoms with van der Waals surface area (Å²) < 4.78 is 6.72. The van der Waals surface area contributed by atoms with Gasteiger partial charge in [-0.25, -0.2) is 4.79 Å². The maximum atomic E-state index is 12.9. The van der Waals surface area contributed by atoms with Crippen molar-refractivity contribution in [3.63, 3.8) is 0 Å². The highest BCUT2D eigenvalue weighted by Crippen LogP contribution is 2.31. The molecule has 1 unspecified atom stereocenters. The lowest BCUT2D eigenvalue weighted by Gasteiger charge is -2.31. The van der Waals surface area contributed by atoms with E-state index in [1.807, 2.05) is 78.9 Å². The van der Waals surface area contributed by atoms with Gasteiger partial charge in [0.05, 0.1) is 33.2 Å². The van der Waals surface area contributed by atoms with Crippen molar-refractivity contribution in [2.24, 2.45) is 0 Å². The van der Waals surface area contributed by atoms with Gasteiger partial charge in [-0.15, -0.1) is 0 Å². The minimum Gasteiger partial charge on any atom is -0.446 e. The summed E-state index contributed by atoms with van der Waals surface area (Å²) in [5.74, 6) is -0.0756. The van der Waals surface area contributed by atoms with Crippen molar-refractivity contribution < 1.29 is 23.9 Å². The molecule has 8 nitrogen and oxygen atoms in total. The SMILES string of the molecule is C[N+](C)(C/C=C/CN1CCC(OC(=O)NC(c2ccccc2)c2ccccc2)CC1)CCCCN1C(=O)c2ccccc2C1O. The first-order valence-corrected chi connectivity index (χ1v) is 16.1. The zero-order chi connectivity index (χ0) is 31.6. The number of benzene rings is 3. The molecule has 0 bridgehead atoms. The lowest BCUT2D eigenvalue weighted by Crippen LogP contribution is -2.41. The highest BCUT2D eigenvalue weighted by atomic mass is 16.6. The molecule has 3 aromatic carbocycles. The van der Waals surface area contributed by atoms with E-state index in [4.69, 9.17) is 4.74 Å². The first-order valence-electron chi connectivity index (χ1n) is 16.1. The number of aliphatic hydroxyl groups excluding tert-OH is 1. The number of amides is 2. The number of nitrogens with one attached hydrogen (secondary N) is 1. The third kappa shape index (κ3) is 8.81. The Morgan fingerprint density at radius 1 is 0.933 bits per heavy atom. The van der Waals surface area contributed by atoms with Crippen LogP contribution in [0.2, 0.25) is 0 Å². The standard InChI is InChI=1S/C37H46N4O4/c1-41(2,28-14-12-24-40-35(42)32-19-9-10-20-33(32)36(40)43)27-13-11-23-39-25-21-31(22-26-39)45-37(44)38-34(29-15-5-3-6-16-29)30-17-7-4-8-18-30/h3-11,13,15-20,31,34-35,42H,12,14,21-28H2,1-2H3/p+1/b13-11+. The highest BCUT2D eigenvalue weighted by molar-refractivity contribution is 5.98. The summed E-state index contributed by atoms with van der Waals surface area (Å²) in [4.78, 5) is 29.5. The average molecular weight is 612 g/mol. The van der Waals surface area contributed by atoms with Crippen LogP contribution >= 0.6 is 0 Å². The van der Waals surface area contributed by atoms with E-state index in [1.165, 1.54) is 0 Å². The third-order valence-corrected chi connectivity index (χ3v) is 8.90. The summed E-state index contributed by atoms with van der Waals surface area (Å²) in [6.07, 6.45) is 6.69. The molecule has 2 heterocycles. The Bertz CT molecular complexity index is 1380. The number of carbonyl (C=O) groups excluding carboxylic acids is 2. The Balaban J connectivity index is 0.978. The normalized spacial score (nSPS) is 17.6. The van der Waals surface area contributed by atoms with Gasteiger partial charge in [-0.1, -0.05) is 84.9 Å². The number of likely N-dealkylation sites (N-methyl/N-ethyl adjacent to an activating group) is 1. The van der Waals surface area contributed by atoms with Crippen LogP contribution in [-0.2, 0) is 4.74 Å². The van der Waals surface area contributed by atoms with Crippen molar-refractivity contribution in [3.8, 4) is 0 Å². The number of alkyl carbamates (subject to hydrolysis) is 1. The van der Waals surface area contributed by atoms with Crippen molar-refractivity contribution in [3.05, 3.63) is 119 Å². The first kappa shape index (κ1) is 32.4. The van der Waals surface area contributed by atoms with Crippen LogP contribution in [-0.4, -0.2) is 90.9 Å². The second-order valence-corrected chi connectivity index (χ2v) is 12.8. The van der Waals surface area contributed by atoms with E-state index >= 15 is 0 Å². The van der Waals surface area contributed by atoms with Crippen molar-refractivity contribution in [2.45, 2.75) is 44.1 Å². The Morgan fingerprint density at radius 2 is 1.56 bits per heavy atom. The predicted molar refractivity (Wildman–Crippen MR) is 176 cm³/mol. The molecule has 3 aromatic rings. The zero-order valence-electron chi connectivity index (χ0n) is 26.6. The smallest absolute Gasteiger partial charge is 0.408 e. The Morgan fingerprint density at radius 3 is 2.20 bits per heavy atom. The molecule has 1 fully saturated rings. The molecule has 1 saturated heterocycles. The topological polar surface area (TPSA) is 82.1 Å². The molecule has 0 aromatic heterocycles. The minimum absolute atomic E-state index is 0.0756. The van der Waals surface area contributed by atoms with E-state index in [2.05, 4.69) is 36.5 Å². The van der Waals surface area contributed by atoms with Gasteiger partial charge in [-0.05, 0) is 49.0 Å². The van der Waals surface area contributed by atoms with Gasteiger partial charge in [-0.2, -0.15) is 0 Å². The summed E-state index contributed by atoms with van der Waals surface area (Å²) in [6.45, 7) is 5.17. The monoisotopic (exact) mass is 611 g/mol. The molecule has 2 aliphatic rings. The molecular formula is C37H47N4O4+. The van der Waals surface area contributed by atoms with Crippen LogP contribution in [0.3, 0.4) is 0 Å². The van der Waals surface area contributed by atoms with Gasteiger partial charge in [0.1, 0.15) is 6.10 Å². The number of rotatable bonds is 13. The van der Waals surface area contributed by atoms with Crippen LogP contribution in [0.5, 0.6) is 0 Å². The molecule has 5 rings (SSSR count). The summed E-state index contributed by atoms with van der Waals surface area (Å²) in [5.41, 5.74) is 3.37. The van der Waals surface area contributed by atoms with Crippen LogP contribution in [0.1, 0.15) is 65.0 Å². The summed E-state index contributed by atoms with van der Waals surface area (Å²) in [6, 6.07) is 27.0. The molecular weight excluding hydrogens is 564 g/mol. The molecule has 0 radical (unpaired) electrons. The molecule has 0 saturated carbocycles.